The Morgan fingerprint density at radius 2 is 1.93 bits per heavy atom. The Balaban J connectivity index is 1.61. The number of hydrogen-bond acceptors (Lipinski definition) is 7. The summed E-state index contributed by atoms with van der Waals surface area (Å²) in [6, 6.07) is 6.79. The van der Waals surface area contributed by atoms with E-state index in [4.69, 9.17) is 4.74 Å². The average molecular weight is 453 g/mol. The molecule has 2 atom stereocenters. The van der Waals surface area contributed by atoms with Crippen molar-refractivity contribution in [1.29, 1.82) is 0 Å². The van der Waals surface area contributed by atoms with Crippen LogP contribution < -0.4 is 4.72 Å². The summed E-state index contributed by atoms with van der Waals surface area (Å²) in [7, 11) is -3.77. The van der Waals surface area contributed by atoms with E-state index in [2.05, 4.69) is 18.6 Å². The third kappa shape index (κ3) is 5.31. The van der Waals surface area contributed by atoms with Crippen molar-refractivity contribution in [2.75, 3.05) is 24.4 Å². The number of anilines is 1. The predicted molar refractivity (Wildman–Crippen MR) is 113 cm³/mol. The van der Waals surface area contributed by atoms with Gasteiger partial charge in [-0.2, -0.15) is 0 Å². The lowest BCUT2D eigenvalue weighted by Gasteiger charge is -2.34. The maximum Gasteiger partial charge on any atom is 0.342 e. The molecule has 8 nitrogen and oxygen atoms in total. The van der Waals surface area contributed by atoms with E-state index in [0.717, 1.165) is 23.8 Å². The highest BCUT2D eigenvalue weighted by molar-refractivity contribution is 7.94. The number of piperidine rings is 1. The Kier molecular flexibility index (Phi) is 6.67. The van der Waals surface area contributed by atoms with Crippen molar-refractivity contribution in [2.45, 2.75) is 24.5 Å². The van der Waals surface area contributed by atoms with Gasteiger partial charge in [0.1, 0.15) is 15.5 Å². The van der Waals surface area contributed by atoms with E-state index in [1.54, 1.807) is 16.3 Å². The van der Waals surface area contributed by atoms with Crippen LogP contribution in [0.2, 0.25) is 0 Å². The number of rotatable bonds is 6. The number of amides is 1. The molecule has 1 aliphatic heterocycles. The molecular formula is C20H24N2O6S2. The van der Waals surface area contributed by atoms with Crippen LogP contribution in [0.25, 0.3) is 0 Å². The molecule has 2 aromatic rings. The second-order valence-electron chi connectivity index (χ2n) is 7.59. The third-order valence-electron chi connectivity index (χ3n) is 4.78. The van der Waals surface area contributed by atoms with Gasteiger partial charge in [-0.05, 0) is 41.8 Å². The van der Waals surface area contributed by atoms with Crippen LogP contribution in [-0.4, -0.2) is 50.0 Å². The van der Waals surface area contributed by atoms with Crippen LogP contribution in [0.3, 0.4) is 0 Å². The van der Waals surface area contributed by atoms with E-state index in [1.807, 2.05) is 0 Å². The second kappa shape index (κ2) is 9.05. The Bertz CT molecular complexity index is 1010. The van der Waals surface area contributed by atoms with E-state index in [9.17, 15) is 23.1 Å². The molecule has 2 N–H and O–H groups in total. The number of esters is 1. The summed E-state index contributed by atoms with van der Waals surface area (Å²) in [4.78, 5) is 26.3. The number of hydrogen-bond donors (Lipinski definition) is 2. The van der Waals surface area contributed by atoms with Crippen molar-refractivity contribution in [3.63, 3.8) is 0 Å². The Labute approximate surface area is 179 Å². The molecule has 162 valence electrons. The molecule has 10 heteroatoms. The van der Waals surface area contributed by atoms with Crippen LogP contribution in [0.5, 0.6) is 5.75 Å². The van der Waals surface area contributed by atoms with E-state index in [-0.39, 0.29) is 21.4 Å². The molecule has 3 rings (SSSR count). The summed E-state index contributed by atoms with van der Waals surface area (Å²) >= 11 is 1.06. The summed E-state index contributed by atoms with van der Waals surface area (Å²) in [6.07, 6.45) is 1.06. The first-order chi connectivity index (χ1) is 14.2. The number of carbonyl (C=O) groups is 2. The number of nitrogens with one attached hydrogen (secondary N) is 1. The van der Waals surface area contributed by atoms with Crippen LogP contribution in [0.15, 0.2) is 39.9 Å². The number of sulfonamides is 1. The first kappa shape index (κ1) is 22.1. The molecule has 30 heavy (non-hydrogen) atoms. The van der Waals surface area contributed by atoms with Gasteiger partial charge < -0.3 is 14.7 Å². The summed E-state index contributed by atoms with van der Waals surface area (Å²) in [6.45, 7) is 5.00. The van der Waals surface area contributed by atoms with Crippen LogP contribution in [0.1, 0.15) is 30.6 Å². The highest BCUT2D eigenvalue weighted by Gasteiger charge is 2.26. The number of benzene rings is 1. The largest absolute Gasteiger partial charge is 0.507 e. The molecular weight excluding hydrogens is 428 g/mol. The minimum Gasteiger partial charge on any atom is -0.507 e. The number of thiophene rings is 1. The van der Waals surface area contributed by atoms with E-state index in [0.29, 0.717) is 24.9 Å². The summed E-state index contributed by atoms with van der Waals surface area (Å²) in [5.74, 6) is -0.793. The SMILES string of the molecule is CC1CC(C)CN(C(=O)COC(=O)c2ccc(NS(=O)(=O)c3cccs3)cc2O)C1. The van der Waals surface area contributed by atoms with Gasteiger partial charge in [0.05, 0.1) is 5.69 Å². The molecule has 1 saturated heterocycles. The highest BCUT2D eigenvalue weighted by atomic mass is 32.2. The van der Waals surface area contributed by atoms with Gasteiger partial charge in [0.25, 0.3) is 15.9 Å². The smallest absolute Gasteiger partial charge is 0.342 e. The number of aromatic hydroxyl groups is 1. The van der Waals surface area contributed by atoms with Crippen LogP contribution >= 0.6 is 11.3 Å². The highest BCUT2D eigenvalue weighted by Crippen LogP contribution is 2.26. The van der Waals surface area contributed by atoms with E-state index < -0.39 is 28.3 Å². The third-order valence-corrected chi connectivity index (χ3v) is 7.56. The topological polar surface area (TPSA) is 113 Å². The van der Waals surface area contributed by atoms with Gasteiger partial charge in [0.15, 0.2) is 6.61 Å². The molecule has 0 radical (unpaired) electrons. The number of phenols is 1. The van der Waals surface area contributed by atoms with Crippen molar-refractivity contribution in [3.05, 3.63) is 41.3 Å². The van der Waals surface area contributed by atoms with Gasteiger partial charge in [0.2, 0.25) is 0 Å². The molecule has 0 bridgehead atoms. The van der Waals surface area contributed by atoms with Crippen molar-refractivity contribution in [1.82, 2.24) is 4.90 Å². The fraction of sp³-hybridized carbons (Fsp3) is 0.400. The quantitative estimate of drug-likeness (QED) is 0.652. The lowest BCUT2D eigenvalue weighted by Crippen LogP contribution is -2.44. The predicted octanol–water partition coefficient (Wildman–Crippen LogP) is 2.92. The molecule has 0 aliphatic carbocycles. The van der Waals surface area contributed by atoms with Gasteiger partial charge in [-0.3, -0.25) is 9.52 Å². The van der Waals surface area contributed by atoms with Crippen molar-refractivity contribution in [3.8, 4) is 5.75 Å². The second-order valence-corrected chi connectivity index (χ2v) is 10.4. The molecule has 0 spiro atoms. The van der Waals surface area contributed by atoms with Gasteiger partial charge in [-0.25, -0.2) is 13.2 Å². The van der Waals surface area contributed by atoms with Gasteiger partial charge in [-0.15, -0.1) is 11.3 Å². The first-order valence-corrected chi connectivity index (χ1v) is 11.9. The molecule has 1 fully saturated rings. The van der Waals surface area contributed by atoms with Gasteiger partial charge in [-0.1, -0.05) is 19.9 Å². The molecule has 0 saturated carbocycles. The van der Waals surface area contributed by atoms with E-state index >= 15 is 0 Å². The number of ether oxygens (including phenoxy) is 1. The number of nitrogens with zero attached hydrogens (tertiary/aromatic N) is 1. The molecule has 1 aliphatic rings. The maximum absolute atomic E-state index is 12.3. The van der Waals surface area contributed by atoms with Crippen LogP contribution in [0.4, 0.5) is 5.69 Å². The van der Waals surface area contributed by atoms with Crippen molar-refractivity contribution < 1.29 is 27.9 Å². The zero-order valence-corrected chi connectivity index (χ0v) is 18.3. The molecule has 2 unspecified atom stereocenters. The fourth-order valence-corrected chi connectivity index (χ4v) is 5.59. The van der Waals surface area contributed by atoms with Crippen molar-refractivity contribution in [2.24, 2.45) is 11.8 Å². The fourth-order valence-electron chi connectivity index (χ4n) is 3.55. The zero-order valence-electron chi connectivity index (χ0n) is 16.7. The van der Waals surface area contributed by atoms with Gasteiger partial charge >= 0.3 is 5.97 Å². The molecule has 1 aromatic carbocycles. The van der Waals surface area contributed by atoms with Crippen LogP contribution in [0, 0.1) is 11.8 Å². The summed E-state index contributed by atoms with van der Waals surface area (Å²) in [5.41, 5.74) is -0.0490. The lowest BCUT2D eigenvalue weighted by molar-refractivity contribution is -0.137. The lowest BCUT2D eigenvalue weighted by atomic mass is 9.92. The Morgan fingerprint density at radius 3 is 2.53 bits per heavy atom. The van der Waals surface area contributed by atoms with Crippen LogP contribution in [-0.2, 0) is 19.6 Å². The first-order valence-electron chi connectivity index (χ1n) is 9.50. The van der Waals surface area contributed by atoms with E-state index in [1.165, 1.54) is 18.2 Å². The molecule has 1 aromatic heterocycles. The van der Waals surface area contributed by atoms with Crippen molar-refractivity contribution >= 4 is 38.9 Å². The normalized spacial score (nSPS) is 19.3. The summed E-state index contributed by atoms with van der Waals surface area (Å²) in [5, 5.41) is 11.8. The monoisotopic (exact) mass is 452 g/mol. The maximum atomic E-state index is 12.3. The van der Waals surface area contributed by atoms with Gasteiger partial charge in [0, 0.05) is 19.2 Å². The number of carbonyl (C=O) groups excluding carboxylic acids is 2. The summed E-state index contributed by atoms with van der Waals surface area (Å²) < 4.78 is 32.0. The number of phenolic OH excluding ortho intramolecular Hbond substituents is 1. The molecule has 1 amide bonds. The zero-order chi connectivity index (χ0) is 21.9. The Hall–Kier alpha value is -2.59. The minimum absolute atomic E-state index is 0.102. The minimum atomic E-state index is -3.77. The standard InChI is InChI=1S/C20H24N2O6S2/c1-13-8-14(2)11-22(10-13)18(24)12-28-20(25)16-6-5-15(9-17(16)23)21-30(26,27)19-4-3-7-29-19/h3-7,9,13-14,21,23H,8,10-12H2,1-2H3. The molecule has 2 heterocycles. The average Bonchev–Trinajstić information content (AvgIpc) is 3.20. The number of likely N-dealkylation sites (tertiary alicyclic amines) is 1. The Morgan fingerprint density at radius 1 is 1.23 bits per heavy atom.